The number of halogens is 2. The lowest BCUT2D eigenvalue weighted by Crippen LogP contribution is -2.27. The number of alkyl halides is 2. The van der Waals surface area contributed by atoms with E-state index in [0.29, 0.717) is 11.8 Å². The van der Waals surface area contributed by atoms with Crippen molar-refractivity contribution in [3.05, 3.63) is 16.1 Å². The Hall–Kier alpha value is 0.210. The van der Waals surface area contributed by atoms with Gasteiger partial charge in [0, 0.05) is 34.4 Å². The van der Waals surface area contributed by atoms with Gasteiger partial charge >= 0.3 is 0 Å². The molecule has 0 aliphatic rings. The minimum atomic E-state index is -0.00385. The third kappa shape index (κ3) is 3.84. The lowest BCUT2D eigenvalue weighted by molar-refractivity contribution is 0.360. The Bertz CT molecular complexity index is 342. The van der Waals surface area contributed by atoms with Gasteiger partial charge in [-0.2, -0.15) is 0 Å². The topological polar surface area (TPSA) is 12.9 Å². The van der Waals surface area contributed by atoms with Crippen LogP contribution < -0.4 is 0 Å². The zero-order valence-electron chi connectivity index (χ0n) is 11.0. The summed E-state index contributed by atoms with van der Waals surface area (Å²) in [5.41, 5.74) is 1.27. The first-order chi connectivity index (χ1) is 7.87. The van der Waals surface area contributed by atoms with Gasteiger partial charge in [0.05, 0.1) is 10.7 Å². The summed E-state index contributed by atoms with van der Waals surface area (Å²) in [4.78, 5) is 4.71. The van der Waals surface area contributed by atoms with Crippen molar-refractivity contribution in [2.24, 2.45) is 5.41 Å². The van der Waals surface area contributed by atoms with Crippen molar-refractivity contribution in [2.45, 2.75) is 46.0 Å². The molecular weight excluding hydrogens is 273 g/mol. The van der Waals surface area contributed by atoms with Crippen molar-refractivity contribution in [3.8, 4) is 0 Å². The summed E-state index contributed by atoms with van der Waals surface area (Å²) in [7, 11) is 0. The van der Waals surface area contributed by atoms with Crippen LogP contribution in [0.3, 0.4) is 0 Å². The number of hydrogen-bond acceptors (Lipinski definition) is 2. The van der Waals surface area contributed by atoms with E-state index >= 15 is 0 Å². The first-order valence-electron chi connectivity index (χ1n) is 5.94. The summed E-state index contributed by atoms with van der Waals surface area (Å²) in [6.45, 7) is 8.69. The van der Waals surface area contributed by atoms with E-state index in [-0.39, 0.29) is 10.8 Å². The number of rotatable bonds is 5. The zero-order chi connectivity index (χ0) is 13.1. The molecule has 0 N–H and O–H groups in total. The molecule has 1 heterocycles. The van der Waals surface area contributed by atoms with E-state index in [1.54, 1.807) is 11.3 Å². The van der Waals surface area contributed by atoms with E-state index in [1.165, 1.54) is 0 Å². The van der Waals surface area contributed by atoms with Crippen molar-refractivity contribution >= 4 is 34.5 Å². The van der Waals surface area contributed by atoms with E-state index in [1.807, 2.05) is 0 Å². The van der Waals surface area contributed by atoms with Crippen LogP contribution in [0.1, 0.15) is 44.8 Å². The molecule has 0 aliphatic carbocycles. The monoisotopic (exact) mass is 293 g/mol. The molecule has 0 bridgehead atoms. The summed E-state index contributed by atoms with van der Waals surface area (Å²) in [6, 6.07) is 0. The van der Waals surface area contributed by atoms with Crippen molar-refractivity contribution in [2.75, 3.05) is 11.8 Å². The quantitative estimate of drug-likeness (QED) is 0.707. The van der Waals surface area contributed by atoms with Crippen LogP contribution >= 0.6 is 34.5 Å². The minimum absolute atomic E-state index is 0.00385. The third-order valence-corrected chi connectivity index (χ3v) is 5.15. The highest BCUT2D eigenvalue weighted by Crippen LogP contribution is 2.33. The molecule has 1 aromatic heterocycles. The smallest absolute Gasteiger partial charge is 0.0934 e. The SMILES string of the molecule is CCC(CCl)(CCl)Cc1nc(C(C)(C)C)cs1. The van der Waals surface area contributed by atoms with E-state index in [2.05, 4.69) is 33.1 Å². The summed E-state index contributed by atoms with van der Waals surface area (Å²) < 4.78 is 0. The van der Waals surface area contributed by atoms with Gasteiger partial charge in [-0.1, -0.05) is 27.7 Å². The average molecular weight is 294 g/mol. The molecule has 0 spiro atoms. The van der Waals surface area contributed by atoms with Gasteiger partial charge in [0.1, 0.15) is 0 Å². The lowest BCUT2D eigenvalue weighted by atomic mass is 9.86. The third-order valence-electron chi connectivity index (χ3n) is 3.16. The number of aromatic nitrogens is 1. The van der Waals surface area contributed by atoms with Gasteiger partial charge in [0.15, 0.2) is 0 Å². The highest BCUT2D eigenvalue weighted by Gasteiger charge is 2.28. The Labute approximate surface area is 119 Å². The standard InChI is InChI=1S/C13H21Cl2NS/c1-5-13(8-14,9-15)6-11-16-10(7-17-11)12(2,3)4/h7H,5-6,8-9H2,1-4H3. The summed E-state index contributed by atoms with van der Waals surface area (Å²) in [5, 5.41) is 3.30. The molecule has 0 saturated carbocycles. The second kappa shape index (κ2) is 5.90. The number of nitrogens with zero attached hydrogens (tertiary/aromatic N) is 1. The maximum Gasteiger partial charge on any atom is 0.0934 e. The van der Waals surface area contributed by atoms with Crippen LogP contribution in [-0.4, -0.2) is 16.7 Å². The summed E-state index contributed by atoms with van der Waals surface area (Å²) in [5.74, 6) is 1.19. The molecule has 1 rings (SSSR count). The molecule has 0 saturated heterocycles. The van der Waals surface area contributed by atoms with Gasteiger partial charge in [0.2, 0.25) is 0 Å². The van der Waals surface area contributed by atoms with Crippen molar-refractivity contribution in [1.29, 1.82) is 0 Å². The van der Waals surface area contributed by atoms with Gasteiger partial charge in [-0.15, -0.1) is 34.5 Å². The van der Waals surface area contributed by atoms with Crippen LogP contribution in [0.4, 0.5) is 0 Å². The largest absolute Gasteiger partial charge is 0.246 e. The molecule has 0 aromatic carbocycles. The van der Waals surface area contributed by atoms with Gasteiger partial charge in [0.25, 0.3) is 0 Å². The molecule has 0 unspecified atom stereocenters. The molecule has 0 atom stereocenters. The molecule has 98 valence electrons. The highest BCUT2D eigenvalue weighted by atomic mass is 35.5. The van der Waals surface area contributed by atoms with Crippen LogP contribution in [0.15, 0.2) is 5.38 Å². The van der Waals surface area contributed by atoms with Crippen molar-refractivity contribution in [1.82, 2.24) is 4.98 Å². The molecule has 17 heavy (non-hydrogen) atoms. The molecule has 0 fully saturated rings. The van der Waals surface area contributed by atoms with Crippen LogP contribution in [0.2, 0.25) is 0 Å². The van der Waals surface area contributed by atoms with Crippen molar-refractivity contribution in [3.63, 3.8) is 0 Å². The molecule has 4 heteroatoms. The normalized spacial score (nSPS) is 13.1. The first-order valence-corrected chi connectivity index (χ1v) is 7.88. The molecule has 0 aliphatic heterocycles. The Morgan fingerprint density at radius 1 is 1.24 bits per heavy atom. The van der Waals surface area contributed by atoms with Crippen LogP contribution in [0.25, 0.3) is 0 Å². The maximum atomic E-state index is 6.06. The van der Waals surface area contributed by atoms with E-state index < -0.39 is 0 Å². The van der Waals surface area contributed by atoms with E-state index in [4.69, 9.17) is 28.2 Å². The van der Waals surface area contributed by atoms with Gasteiger partial charge in [-0.25, -0.2) is 4.98 Å². The Morgan fingerprint density at radius 3 is 2.18 bits per heavy atom. The van der Waals surface area contributed by atoms with Gasteiger partial charge < -0.3 is 0 Å². The Kier molecular flexibility index (Phi) is 5.30. The Morgan fingerprint density at radius 2 is 1.82 bits per heavy atom. The zero-order valence-corrected chi connectivity index (χ0v) is 13.3. The van der Waals surface area contributed by atoms with Crippen LogP contribution in [0, 0.1) is 5.41 Å². The van der Waals surface area contributed by atoms with Gasteiger partial charge in [-0.3, -0.25) is 0 Å². The fourth-order valence-corrected chi connectivity index (χ4v) is 3.55. The maximum absolute atomic E-state index is 6.06. The molecule has 1 aromatic rings. The van der Waals surface area contributed by atoms with E-state index in [0.717, 1.165) is 23.5 Å². The van der Waals surface area contributed by atoms with Crippen molar-refractivity contribution < 1.29 is 0 Å². The number of thiazole rings is 1. The summed E-state index contributed by atoms with van der Waals surface area (Å²) in [6.07, 6.45) is 1.88. The van der Waals surface area contributed by atoms with Gasteiger partial charge in [-0.05, 0) is 6.42 Å². The fraction of sp³-hybridized carbons (Fsp3) is 0.769. The molecular formula is C13H21Cl2NS. The van der Waals surface area contributed by atoms with Crippen LogP contribution in [0.5, 0.6) is 0 Å². The lowest BCUT2D eigenvalue weighted by Gasteiger charge is -2.26. The minimum Gasteiger partial charge on any atom is -0.246 e. The summed E-state index contributed by atoms with van der Waals surface area (Å²) >= 11 is 13.8. The molecule has 1 nitrogen and oxygen atoms in total. The second-order valence-corrected chi connectivity index (χ2v) is 7.15. The second-order valence-electron chi connectivity index (χ2n) is 5.67. The Balaban J connectivity index is 2.85. The van der Waals surface area contributed by atoms with Crippen LogP contribution in [-0.2, 0) is 11.8 Å². The fourth-order valence-electron chi connectivity index (χ4n) is 1.50. The molecule has 0 amide bonds. The predicted molar refractivity (Wildman–Crippen MR) is 78.7 cm³/mol. The molecule has 0 radical (unpaired) electrons. The first kappa shape index (κ1) is 15.3. The highest BCUT2D eigenvalue weighted by molar-refractivity contribution is 7.09. The average Bonchev–Trinajstić information content (AvgIpc) is 2.74. The predicted octanol–water partition coefficient (Wildman–Crippen LogP) is 4.86. The number of hydrogen-bond donors (Lipinski definition) is 0. The van der Waals surface area contributed by atoms with E-state index in [9.17, 15) is 0 Å².